The highest BCUT2D eigenvalue weighted by Crippen LogP contribution is 2.24. The summed E-state index contributed by atoms with van der Waals surface area (Å²) in [5, 5.41) is 3.44. The van der Waals surface area contributed by atoms with Crippen LogP contribution in [0.1, 0.15) is 16.1 Å². The number of benzene rings is 1. The van der Waals surface area contributed by atoms with Crippen molar-refractivity contribution in [1.29, 1.82) is 0 Å². The number of hydrogen-bond acceptors (Lipinski definition) is 3. The van der Waals surface area contributed by atoms with Crippen molar-refractivity contribution >= 4 is 33.0 Å². The maximum atomic E-state index is 4.24. The fraction of sp³-hybridized carbons (Fsp3) is 0.250. The summed E-state index contributed by atoms with van der Waals surface area (Å²) >= 11 is 5.22. The highest BCUT2D eigenvalue weighted by atomic mass is 79.9. The van der Waals surface area contributed by atoms with Crippen LogP contribution in [0.25, 0.3) is 0 Å². The molecule has 0 aliphatic rings. The molecule has 1 aromatic heterocycles. The van der Waals surface area contributed by atoms with Gasteiger partial charge in [-0.3, -0.25) is 0 Å². The Morgan fingerprint density at radius 3 is 2.88 bits per heavy atom. The van der Waals surface area contributed by atoms with Crippen LogP contribution in [0.2, 0.25) is 0 Å². The van der Waals surface area contributed by atoms with Crippen LogP contribution >= 0.6 is 27.3 Å². The Kier molecular flexibility index (Phi) is 3.61. The lowest BCUT2D eigenvalue weighted by atomic mass is 10.2. The molecule has 0 amide bonds. The Morgan fingerprint density at radius 1 is 1.38 bits per heavy atom. The minimum atomic E-state index is 0.841. The van der Waals surface area contributed by atoms with E-state index in [9.17, 15) is 0 Å². The summed E-state index contributed by atoms with van der Waals surface area (Å²) in [4.78, 5) is 5.53. The predicted octanol–water partition coefficient (Wildman–Crippen LogP) is 4.13. The van der Waals surface area contributed by atoms with E-state index in [-0.39, 0.29) is 0 Å². The zero-order valence-electron chi connectivity index (χ0n) is 9.25. The molecule has 0 saturated heterocycles. The highest BCUT2D eigenvalue weighted by Gasteiger charge is 2.04. The Morgan fingerprint density at radius 2 is 2.19 bits per heavy atom. The number of aryl methyl sites for hydroxylation is 1. The second kappa shape index (κ2) is 4.97. The van der Waals surface area contributed by atoms with E-state index in [1.54, 1.807) is 11.3 Å². The average Bonchev–Trinajstić information content (AvgIpc) is 2.67. The molecule has 0 unspecified atom stereocenters. The summed E-state index contributed by atoms with van der Waals surface area (Å²) in [6, 6.07) is 6.19. The number of halogens is 1. The maximum Gasteiger partial charge on any atom is 0.0798 e. The summed E-state index contributed by atoms with van der Waals surface area (Å²) in [6.07, 6.45) is 0. The molecule has 0 bridgehead atoms. The fourth-order valence-electron chi connectivity index (χ4n) is 1.47. The number of anilines is 1. The molecule has 2 nitrogen and oxygen atoms in total. The molecule has 1 N–H and O–H groups in total. The van der Waals surface area contributed by atoms with E-state index in [1.165, 1.54) is 16.1 Å². The number of hydrogen-bond donors (Lipinski definition) is 1. The summed E-state index contributed by atoms with van der Waals surface area (Å²) in [5.41, 5.74) is 5.41. The van der Waals surface area contributed by atoms with Gasteiger partial charge in [0, 0.05) is 15.0 Å². The lowest BCUT2D eigenvalue weighted by Gasteiger charge is -2.09. The van der Waals surface area contributed by atoms with Gasteiger partial charge in [0.2, 0.25) is 0 Å². The summed E-state index contributed by atoms with van der Waals surface area (Å²) < 4.78 is 1.14. The van der Waals surface area contributed by atoms with Crippen LogP contribution in [0.5, 0.6) is 0 Å². The largest absolute Gasteiger partial charge is 0.380 e. The van der Waals surface area contributed by atoms with E-state index in [0.717, 1.165) is 16.7 Å². The van der Waals surface area contributed by atoms with Gasteiger partial charge in [0.1, 0.15) is 0 Å². The van der Waals surface area contributed by atoms with Crippen molar-refractivity contribution < 1.29 is 0 Å². The lowest BCUT2D eigenvalue weighted by Crippen LogP contribution is -2.00. The van der Waals surface area contributed by atoms with Crippen LogP contribution in [0, 0.1) is 13.8 Å². The molecule has 0 fully saturated rings. The summed E-state index contributed by atoms with van der Waals surface area (Å²) in [5.74, 6) is 0. The smallest absolute Gasteiger partial charge is 0.0798 e. The molecule has 16 heavy (non-hydrogen) atoms. The molecule has 2 rings (SSSR count). The van der Waals surface area contributed by atoms with Gasteiger partial charge in [-0.25, -0.2) is 4.98 Å². The minimum absolute atomic E-state index is 0.841. The molecular weight excluding hydrogens is 284 g/mol. The first-order valence-corrected chi connectivity index (χ1v) is 6.73. The van der Waals surface area contributed by atoms with Gasteiger partial charge in [-0.05, 0) is 31.5 Å². The Balaban J connectivity index is 2.11. The van der Waals surface area contributed by atoms with Crippen molar-refractivity contribution in [3.05, 3.63) is 44.3 Å². The molecule has 0 aliphatic carbocycles. The second-order valence-electron chi connectivity index (χ2n) is 3.63. The van der Waals surface area contributed by atoms with E-state index in [4.69, 9.17) is 0 Å². The number of rotatable bonds is 3. The van der Waals surface area contributed by atoms with Gasteiger partial charge in [-0.2, -0.15) is 0 Å². The molecular formula is C12H13BrN2S. The zero-order chi connectivity index (χ0) is 11.5. The lowest BCUT2D eigenvalue weighted by molar-refractivity contribution is 1.11. The van der Waals surface area contributed by atoms with E-state index in [0.29, 0.717) is 0 Å². The van der Waals surface area contributed by atoms with Crippen molar-refractivity contribution in [2.24, 2.45) is 0 Å². The third-order valence-corrected chi connectivity index (χ3v) is 4.35. The maximum absolute atomic E-state index is 4.24. The van der Waals surface area contributed by atoms with Crippen molar-refractivity contribution in [2.75, 3.05) is 5.32 Å². The van der Waals surface area contributed by atoms with Crippen molar-refractivity contribution in [3.8, 4) is 0 Å². The predicted molar refractivity (Wildman–Crippen MR) is 73.1 cm³/mol. The zero-order valence-corrected chi connectivity index (χ0v) is 11.7. The number of thiazole rings is 1. The monoisotopic (exact) mass is 296 g/mol. The highest BCUT2D eigenvalue weighted by molar-refractivity contribution is 9.10. The Bertz CT molecular complexity index is 494. The molecule has 1 heterocycles. The van der Waals surface area contributed by atoms with Crippen LogP contribution in [0.4, 0.5) is 5.69 Å². The molecule has 0 saturated carbocycles. The van der Waals surface area contributed by atoms with E-state index >= 15 is 0 Å². The number of nitrogens with zero attached hydrogens (tertiary/aromatic N) is 1. The molecule has 0 aliphatic heterocycles. The molecule has 2 aromatic rings. The number of nitrogens with one attached hydrogen (secondary N) is 1. The van der Waals surface area contributed by atoms with Gasteiger partial charge in [0.25, 0.3) is 0 Å². The average molecular weight is 297 g/mol. The topological polar surface area (TPSA) is 24.9 Å². The van der Waals surface area contributed by atoms with E-state index in [1.807, 2.05) is 18.5 Å². The van der Waals surface area contributed by atoms with Crippen LogP contribution in [-0.4, -0.2) is 4.98 Å². The first-order valence-electron chi connectivity index (χ1n) is 5.06. The van der Waals surface area contributed by atoms with Gasteiger partial charge in [-0.1, -0.05) is 22.0 Å². The van der Waals surface area contributed by atoms with Gasteiger partial charge < -0.3 is 5.32 Å². The second-order valence-corrected chi connectivity index (χ2v) is 5.42. The van der Waals surface area contributed by atoms with Crippen molar-refractivity contribution in [3.63, 3.8) is 0 Å². The standard InChI is InChI=1S/C12H13BrN2S/c1-8-10(13)4-3-5-11(8)14-6-12-9(2)15-7-16-12/h3-5,7,14H,6H2,1-2H3. The number of aromatic nitrogens is 1. The van der Waals surface area contributed by atoms with E-state index in [2.05, 4.69) is 45.3 Å². The normalized spacial score (nSPS) is 10.4. The van der Waals surface area contributed by atoms with Crippen LogP contribution < -0.4 is 5.32 Å². The van der Waals surface area contributed by atoms with Crippen LogP contribution in [0.3, 0.4) is 0 Å². The fourth-order valence-corrected chi connectivity index (χ4v) is 2.55. The third kappa shape index (κ3) is 2.44. The summed E-state index contributed by atoms with van der Waals surface area (Å²) in [6.45, 7) is 4.99. The molecule has 1 aromatic carbocycles. The first kappa shape index (κ1) is 11.6. The Labute approximate surface area is 108 Å². The Hall–Kier alpha value is -0.870. The van der Waals surface area contributed by atoms with Crippen LogP contribution in [-0.2, 0) is 6.54 Å². The van der Waals surface area contributed by atoms with Gasteiger partial charge in [0.15, 0.2) is 0 Å². The minimum Gasteiger partial charge on any atom is -0.380 e. The quantitative estimate of drug-likeness (QED) is 0.921. The molecule has 4 heteroatoms. The van der Waals surface area contributed by atoms with Gasteiger partial charge >= 0.3 is 0 Å². The molecule has 0 spiro atoms. The molecule has 0 radical (unpaired) electrons. The van der Waals surface area contributed by atoms with Crippen molar-refractivity contribution in [1.82, 2.24) is 4.98 Å². The molecule has 0 atom stereocenters. The first-order chi connectivity index (χ1) is 7.68. The SMILES string of the molecule is Cc1ncsc1CNc1cccc(Br)c1C. The van der Waals surface area contributed by atoms with Crippen molar-refractivity contribution in [2.45, 2.75) is 20.4 Å². The molecule has 84 valence electrons. The summed E-state index contributed by atoms with van der Waals surface area (Å²) in [7, 11) is 0. The van der Waals surface area contributed by atoms with Gasteiger partial charge in [0.05, 0.1) is 17.7 Å². The van der Waals surface area contributed by atoms with Crippen LogP contribution in [0.15, 0.2) is 28.2 Å². The van der Waals surface area contributed by atoms with Gasteiger partial charge in [-0.15, -0.1) is 11.3 Å². The van der Waals surface area contributed by atoms with E-state index < -0.39 is 0 Å². The third-order valence-electron chi connectivity index (χ3n) is 2.55.